The van der Waals surface area contributed by atoms with Crippen molar-refractivity contribution < 1.29 is 19.1 Å². The van der Waals surface area contributed by atoms with E-state index >= 15 is 0 Å². The number of alkyl carbamates (subject to hydrolysis) is 1. The summed E-state index contributed by atoms with van der Waals surface area (Å²) >= 11 is 0. The third-order valence-electron chi connectivity index (χ3n) is 3.79. The maximum absolute atomic E-state index is 12.2. The molecule has 1 unspecified atom stereocenters. The van der Waals surface area contributed by atoms with Gasteiger partial charge in [-0.25, -0.2) is 9.59 Å². The molecule has 1 N–H and O–H groups in total. The first-order chi connectivity index (χ1) is 10.8. The van der Waals surface area contributed by atoms with Crippen LogP contribution in [0.4, 0.5) is 4.79 Å². The van der Waals surface area contributed by atoms with Crippen molar-refractivity contribution >= 4 is 12.1 Å². The molecule has 1 amide bonds. The lowest BCUT2D eigenvalue weighted by atomic mass is 9.87. The third kappa shape index (κ3) is 11.0. The Kier molecular flexibility index (Phi) is 11.5. The van der Waals surface area contributed by atoms with Crippen LogP contribution in [0.15, 0.2) is 0 Å². The number of ether oxygens (including phenoxy) is 2. The largest absolute Gasteiger partial charge is 0.464 e. The zero-order valence-electron chi connectivity index (χ0n) is 15.6. The van der Waals surface area contributed by atoms with Crippen LogP contribution >= 0.6 is 0 Å². The minimum atomic E-state index is -0.705. The van der Waals surface area contributed by atoms with E-state index in [2.05, 4.69) is 17.0 Å². The number of unbranched alkanes of at least 4 members (excludes halogenated alkanes) is 7. The molecule has 5 heteroatoms. The van der Waals surface area contributed by atoms with Crippen molar-refractivity contribution in [2.24, 2.45) is 5.41 Å². The van der Waals surface area contributed by atoms with Gasteiger partial charge < -0.3 is 14.8 Å². The molecule has 0 rings (SSSR count). The molecule has 0 saturated carbocycles. The van der Waals surface area contributed by atoms with E-state index in [9.17, 15) is 9.59 Å². The van der Waals surface area contributed by atoms with Gasteiger partial charge in [-0.05, 0) is 11.8 Å². The Morgan fingerprint density at radius 3 is 1.96 bits per heavy atom. The molecule has 1 atom stereocenters. The summed E-state index contributed by atoms with van der Waals surface area (Å²) in [5, 5.41) is 2.55. The van der Waals surface area contributed by atoms with Gasteiger partial charge in [0.15, 0.2) is 0 Å². The second-order valence-electron chi connectivity index (χ2n) is 7.08. The predicted octanol–water partition coefficient (Wildman–Crippen LogP) is 4.44. The number of carbonyl (C=O) groups excluding carboxylic acids is 2. The van der Waals surface area contributed by atoms with Crippen LogP contribution in [0, 0.1) is 5.41 Å². The fourth-order valence-electron chi connectivity index (χ4n) is 2.30. The first-order valence-electron chi connectivity index (χ1n) is 8.84. The number of esters is 1. The third-order valence-corrected chi connectivity index (χ3v) is 3.79. The van der Waals surface area contributed by atoms with Gasteiger partial charge in [-0.2, -0.15) is 0 Å². The monoisotopic (exact) mass is 329 g/mol. The van der Waals surface area contributed by atoms with Gasteiger partial charge in [0.1, 0.15) is 6.04 Å². The number of hydrogen-bond donors (Lipinski definition) is 1. The lowest BCUT2D eigenvalue weighted by Crippen LogP contribution is -2.49. The molecule has 0 aromatic heterocycles. The summed E-state index contributed by atoms with van der Waals surface area (Å²) in [5.41, 5.74) is -0.426. The van der Waals surface area contributed by atoms with Gasteiger partial charge >= 0.3 is 12.1 Å². The first-order valence-corrected chi connectivity index (χ1v) is 8.84. The van der Waals surface area contributed by atoms with Gasteiger partial charge in [0.25, 0.3) is 0 Å². The van der Waals surface area contributed by atoms with Crippen LogP contribution in [0.25, 0.3) is 0 Å². The molecule has 0 fully saturated rings. The van der Waals surface area contributed by atoms with E-state index in [1.54, 1.807) is 0 Å². The van der Waals surface area contributed by atoms with Crippen molar-refractivity contribution in [3.05, 3.63) is 0 Å². The van der Waals surface area contributed by atoms with Gasteiger partial charge in [-0.1, -0.05) is 72.6 Å². The molecule has 0 aliphatic heterocycles. The average Bonchev–Trinajstić information content (AvgIpc) is 2.49. The van der Waals surface area contributed by atoms with Gasteiger partial charge in [0, 0.05) is 0 Å². The summed E-state index contributed by atoms with van der Waals surface area (Å²) in [5.74, 6) is -0.397. The van der Waals surface area contributed by atoms with Crippen molar-refractivity contribution in [3.63, 3.8) is 0 Å². The molecule has 0 saturated heterocycles. The lowest BCUT2D eigenvalue weighted by Gasteiger charge is -2.28. The van der Waals surface area contributed by atoms with E-state index in [-0.39, 0.29) is 0 Å². The average molecular weight is 329 g/mol. The smallest absolute Gasteiger partial charge is 0.407 e. The highest BCUT2D eigenvalue weighted by atomic mass is 16.5. The Morgan fingerprint density at radius 2 is 1.48 bits per heavy atom. The Bertz CT molecular complexity index is 336. The fraction of sp³-hybridized carbons (Fsp3) is 0.889. The lowest BCUT2D eigenvalue weighted by molar-refractivity contribution is -0.149. The van der Waals surface area contributed by atoms with Crippen LogP contribution in [-0.2, 0) is 14.3 Å². The number of carbonyl (C=O) groups is 2. The molecular formula is C18H35NO4. The fourth-order valence-corrected chi connectivity index (χ4v) is 2.30. The van der Waals surface area contributed by atoms with E-state index in [0.29, 0.717) is 6.61 Å². The maximum Gasteiger partial charge on any atom is 0.407 e. The first kappa shape index (κ1) is 21.7. The van der Waals surface area contributed by atoms with Crippen LogP contribution < -0.4 is 5.32 Å². The van der Waals surface area contributed by atoms with Crippen LogP contribution in [0.2, 0.25) is 0 Å². The highest BCUT2D eigenvalue weighted by molar-refractivity contribution is 5.82. The van der Waals surface area contributed by atoms with Crippen LogP contribution in [0.1, 0.15) is 79.1 Å². The summed E-state index contributed by atoms with van der Waals surface area (Å²) in [4.78, 5) is 23.5. The molecule has 136 valence electrons. The van der Waals surface area contributed by atoms with Crippen molar-refractivity contribution in [1.29, 1.82) is 0 Å². The molecule has 23 heavy (non-hydrogen) atoms. The Morgan fingerprint density at radius 1 is 0.957 bits per heavy atom. The van der Waals surface area contributed by atoms with Crippen molar-refractivity contribution in [3.8, 4) is 0 Å². The van der Waals surface area contributed by atoms with Crippen LogP contribution in [0.5, 0.6) is 0 Å². The second kappa shape index (κ2) is 12.2. The minimum Gasteiger partial charge on any atom is -0.464 e. The Labute approximate surface area is 141 Å². The number of methoxy groups -OCH3 is 1. The van der Waals surface area contributed by atoms with E-state index in [1.165, 1.54) is 45.6 Å². The molecular weight excluding hydrogens is 294 g/mol. The van der Waals surface area contributed by atoms with Gasteiger partial charge in [0.05, 0.1) is 13.7 Å². The van der Waals surface area contributed by atoms with Crippen LogP contribution in [0.3, 0.4) is 0 Å². The van der Waals surface area contributed by atoms with Crippen molar-refractivity contribution in [1.82, 2.24) is 5.32 Å². The van der Waals surface area contributed by atoms with Gasteiger partial charge in [-0.15, -0.1) is 0 Å². The van der Waals surface area contributed by atoms with E-state index < -0.39 is 23.5 Å². The highest BCUT2D eigenvalue weighted by Crippen LogP contribution is 2.20. The summed E-state index contributed by atoms with van der Waals surface area (Å²) in [6.45, 7) is 8.26. The highest BCUT2D eigenvalue weighted by Gasteiger charge is 2.34. The summed E-state index contributed by atoms with van der Waals surface area (Å²) in [6.07, 6.45) is 8.96. The SMILES string of the molecule is CCCCCCCCCCOC(=O)C(NC(=O)OC)C(C)(C)C. The molecule has 0 bridgehead atoms. The Hall–Kier alpha value is -1.26. The molecule has 0 aliphatic carbocycles. The summed E-state index contributed by atoms with van der Waals surface area (Å²) in [6, 6.07) is -0.705. The van der Waals surface area contributed by atoms with Crippen molar-refractivity contribution in [2.45, 2.75) is 85.1 Å². The van der Waals surface area contributed by atoms with E-state index in [1.807, 2.05) is 20.8 Å². The van der Waals surface area contributed by atoms with E-state index in [0.717, 1.165) is 12.8 Å². The standard InChI is InChI=1S/C18H35NO4/c1-6-7-8-9-10-11-12-13-14-23-16(20)15(18(2,3)4)19-17(21)22-5/h15H,6-14H2,1-5H3,(H,19,21). The molecule has 0 radical (unpaired) electrons. The number of nitrogens with one attached hydrogen (secondary N) is 1. The van der Waals surface area contributed by atoms with E-state index in [4.69, 9.17) is 4.74 Å². The van der Waals surface area contributed by atoms with Crippen molar-refractivity contribution in [2.75, 3.05) is 13.7 Å². The topological polar surface area (TPSA) is 64.6 Å². The summed E-state index contributed by atoms with van der Waals surface area (Å²) in [7, 11) is 1.28. The zero-order chi connectivity index (χ0) is 17.7. The number of hydrogen-bond acceptors (Lipinski definition) is 4. The quantitative estimate of drug-likeness (QED) is 0.449. The molecule has 0 aliphatic rings. The molecule has 0 aromatic rings. The zero-order valence-corrected chi connectivity index (χ0v) is 15.6. The molecule has 0 aromatic carbocycles. The number of amides is 1. The minimum absolute atomic E-state index is 0.397. The normalized spacial score (nSPS) is 12.6. The maximum atomic E-state index is 12.2. The van der Waals surface area contributed by atoms with Crippen LogP contribution in [-0.4, -0.2) is 31.8 Å². The summed E-state index contributed by atoms with van der Waals surface area (Å²) < 4.78 is 9.88. The second-order valence-corrected chi connectivity index (χ2v) is 7.08. The van der Waals surface area contributed by atoms with Gasteiger partial charge in [-0.3, -0.25) is 0 Å². The Balaban J connectivity index is 3.94. The molecule has 0 spiro atoms. The van der Waals surface area contributed by atoms with Gasteiger partial charge in [0.2, 0.25) is 0 Å². The molecule has 5 nitrogen and oxygen atoms in total. The molecule has 0 heterocycles. The predicted molar refractivity (Wildman–Crippen MR) is 92.4 cm³/mol. The number of rotatable bonds is 11.